The predicted octanol–water partition coefficient (Wildman–Crippen LogP) is 4.86. The standard InChI is InChI=1S/C22H14N2O7/c25-22-12-20(15-4-6-16(7-5-15)23(26)27)19-9-8-18(11-21(19)31-22)30-13-14-2-1-3-17(10-14)24(28)29/h1-12H,13H2. The molecule has 0 unspecified atom stereocenters. The van der Waals surface area contributed by atoms with Crippen LogP contribution in [-0.2, 0) is 6.61 Å². The van der Waals surface area contributed by atoms with Crippen LogP contribution in [0.5, 0.6) is 5.75 Å². The van der Waals surface area contributed by atoms with Crippen molar-refractivity contribution >= 4 is 22.3 Å². The molecule has 4 rings (SSSR count). The highest BCUT2D eigenvalue weighted by Crippen LogP contribution is 2.31. The van der Waals surface area contributed by atoms with Crippen LogP contribution in [0, 0.1) is 20.2 Å². The minimum absolute atomic E-state index is 0.0293. The van der Waals surface area contributed by atoms with Crippen molar-refractivity contribution in [1.82, 2.24) is 0 Å². The molecule has 0 fully saturated rings. The van der Waals surface area contributed by atoms with Crippen molar-refractivity contribution in [2.24, 2.45) is 0 Å². The third-order valence-electron chi connectivity index (χ3n) is 4.63. The summed E-state index contributed by atoms with van der Waals surface area (Å²) < 4.78 is 11.0. The summed E-state index contributed by atoms with van der Waals surface area (Å²) in [7, 11) is 0. The van der Waals surface area contributed by atoms with E-state index in [0.29, 0.717) is 27.8 Å². The molecule has 9 nitrogen and oxygen atoms in total. The van der Waals surface area contributed by atoms with Gasteiger partial charge in [-0.1, -0.05) is 12.1 Å². The van der Waals surface area contributed by atoms with Crippen molar-refractivity contribution in [2.45, 2.75) is 6.61 Å². The second kappa shape index (κ2) is 8.07. The number of fused-ring (bicyclic) bond motifs is 1. The maximum Gasteiger partial charge on any atom is 0.336 e. The summed E-state index contributed by atoms with van der Waals surface area (Å²) in [5, 5.41) is 22.4. The molecule has 1 aromatic heterocycles. The van der Waals surface area contributed by atoms with Gasteiger partial charge in [0.15, 0.2) is 0 Å². The Morgan fingerprint density at radius 3 is 2.29 bits per heavy atom. The number of ether oxygens (including phenoxy) is 1. The van der Waals surface area contributed by atoms with Crippen LogP contribution in [0.25, 0.3) is 22.1 Å². The molecule has 9 heteroatoms. The molecule has 0 saturated heterocycles. The maximum atomic E-state index is 12.1. The SMILES string of the molecule is O=c1cc(-c2ccc([N+](=O)[O-])cc2)c2ccc(OCc3cccc([N+](=O)[O-])c3)cc2o1. The van der Waals surface area contributed by atoms with Gasteiger partial charge < -0.3 is 9.15 Å². The lowest BCUT2D eigenvalue weighted by Gasteiger charge is -2.09. The molecule has 3 aromatic carbocycles. The van der Waals surface area contributed by atoms with E-state index in [2.05, 4.69) is 0 Å². The molecule has 0 N–H and O–H groups in total. The lowest BCUT2D eigenvalue weighted by atomic mass is 10.0. The number of hydrogen-bond donors (Lipinski definition) is 0. The van der Waals surface area contributed by atoms with Crippen LogP contribution in [0.1, 0.15) is 5.56 Å². The van der Waals surface area contributed by atoms with Gasteiger partial charge in [0, 0.05) is 41.8 Å². The van der Waals surface area contributed by atoms with Gasteiger partial charge in [0.25, 0.3) is 11.4 Å². The monoisotopic (exact) mass is 418 g/mol. The fourth-order valence-corrected chi connectivity index (χ4v) is 3.16. The van der Waals surface area contributed by atoms with Crippen molar-refractivity contribution in [3.05, 3.63) is 109 Å². The number of non-ortho nitro benzene ring substituents is 2. The van der Waals surface area contributed by atoms with Crippen LogP contribution in [0.2, 0.25) is 0 Å². The predicted molar refractivity (Wildman–Crippen MR) is 112 cm³/mol. The van der Waals surface area contributed by atoms with Crippen molar-refractivity contribution < 1.29 is 19.0 Å². The molecule has 31 heavy (non-hydrogen) atoms. The molecule has 154 valence electrons. The number of nitro groups is 2. The largest absolute Gasteiger partial charge is 0.489 e. The highest BCUT2D eigenvalue weighted by molar-refractivity contribution is 5.93. The van der Waals surface area contributed by atoms with Gasteiger partial charge in [0.1, 0.15) is 17.9 Å². The van der Waals surface area contributed by atoms with E-state index in [1.54, 1.807) is 42.5 Å². The molecule has 4 aromatic rings. The number of benzene rings is 3. The summed E-state index contributed by atoms with van der Waals surface area (Å²) in [6.07, 6.45) is 0. The lowest BCUT2D eigenvalue weighted by Crippen LogP contribution is -2.00. The van der Waals surface area contributed by atoms with Crippen molar-refractivity contribution in [3.8, 4) is 16.9 Å². The molecule has 0 aliphatic carbocycles. The number of nitrogens with zero attached hydrogens (tertiary/aromatic N) is 2. The van der Waals surface area contributed by atoms with E-state index >= 15 is 0 Å². The van der Waals surface area contributed by atoms with E-state index < -0.39 is 15.5 Å². The first kappa shape index (κ1) is 19.8. The quantitative estimate of drug-likeness (QED) is 0.249. The first-order valence-electron chi connectivity index (χ1n) is 9.09. The minimum Gasteiger partial charge on any atom is -0.489 e. The topological polar surface area (TPSA) is 126 Å². The summed E-state index contributed by atoms with van der Waals surface area (Å²) in [6.45, 7) is 0.0967. The Labute approximate surface area is 174 Å². The molecule has 1 heterocycles. The number of rotatable bonds is 6. The zero-order valence-corrected chi connectivity index (χ0v) is 15.9. The van der Waals surface area contributed by atoms with E-state index in [-0.39, 0.29) is 23.6 Å². The number of nitro benzene ring substituents is 2. The van der Waals surface area contributed by atoms with Crippen LogP contribution in [0.4, 0.5) is 11.4 Å². The van der Waals surface area contributed by atoms with E-state index in [0.717, 1.165) is 0 Å². The molecular formula is C22H14N2O7. The third kappa shape index (κ3) is 4.25. The Morgan fingerprint density at radius 1 is 0.839 bits per heavy atom. The molecule has 0 amide bonds. The molecule has 0 spiro atoms. The van der Waals surface area contributed by atoms with Gasteiger partial charge in [0.2, 0.25) is 0 Å². The Balaban J connectivity index is 1.64. The summed E-state index contributed by atoms with van der Waals surface area (Å²) in [5.74, 6) is 0.419. The van der Waals surface area contributed by atoms with Crippen molar-refractivity contribution in [3.63, 3.8) is 0 Å². The average Bonchev–Trinajstić information content (AvgIpc) is 2.77. The van der Waals surface area contributed by atoms with E-state index in [1.165, 1.54) is 30.3 Å². The summed E-state index contributed by atoms with van der Waals surface area (Å²) in [6, 6.07) is 18.3. The molecular weight excluding hydrogens is 404 g/mol. The van der Waals surface area contributed by atoms with Gasteiger partial charge >= 0.3 is 5.63 Å². The zero-order chi connectivity index (χ0) is 22.0. The molecule has 0 bridgehead atoms. The Bertz CT molecular complexity index is 1360. The first-order chi connectivity index (χ1) is 14.9. The van der Waals surface area contributed by atoms with Crippen molar-refractivity contribution in [1.29, 1.82) is 0 Å². The fourth-order valence-electron chi connectivity index (χ4n) is 3.16. The second-order valence-corrected chi connectivity index (χ2v) is 6.66. The fraction of sp³-hybridized carbons (Fsp3) is 0.0455. The van der Waals surface area contributed by atoms with Crippen LogP contribution < -0.4 is 10.4 Å². The normalized spacial score (nSPS) is 10.7. The minimum atomic E-state index is -0.573. The molecule has 0 atom stereocenters. The van der Waals surface area contributed by atoms with Gasteiger partial charge in [-0.2, -0.15) is 0 Å². The molecule has 0 aliphatic heterocycles. The molecule has 0 aliphatic rings. The van der Waals surface area contributed by atoms with Crippen molar-refractivity contribution in [2.75, 3.05) is 0 Å². The van der Waals surface area contributed by atoms with Crippen LogP contribution in [-0.4, -0.2) is 9.85 Å². The van der Waals surface area contributed by atoms with Crippen LogP contribution in [0.3, 0.4) is 0 Å². The summed E-state index contributed by atoms with van der Waals surface area (Å²) >= 11 is 0. The summed E-state index contributed by atoms with van der Waals surface area (Å²) in [5.41, 5.74) is 1.47. The lowest BCUT2D eigenvalue weighted by molar-refractivity contribution is -0.385. The van der Waals surface area contributed by atoms with Crippen LogP contribution in [0.15, 0.2) is 82.0 Å². The molecule has 0 radical (unpaired) electrons. The van der Waals surface area contributed by atoms with Gasteiger partial charge in [0.05, 0.1) is 9.85 Å². The van der Waals surface area contributed by atoms with Gasteiger partial charge in [-0.05, 0) is 41.0 Å². The first-order valence-corrected chi connectivity index (χ1v) is 9.09. The Morgan fingerprint density at radius 2 is 1.58 bits per heavy atom. The number of hydrogen-bond acceptors (Lipinski definition) is 7. The smallest absolute Gasteiger partial charge is 0.336 e. The average molecular weight is 418 g/mol. The third-order valence-corrected chi connectivity index (χ3v) is 4.63. The second-order valence-electron chi connectivity index (χ2n) is 6.66. The van der Waals surface area contributed by atoms with Gasteiger partial charge in [-0.15, -0.1) is 0 Å². The van der Waals surface area contributed by atoms with E-state index in [1.807, 2.05) is 0 Å². The van der Waals surface area contributed by atoms with Gasteiger partial charge in [-0.3, -0.25) is 20.2 Å². The Hall–Kier alpha value is -4.53. The maximum absolute atomic E-state index is 12.1. The highest BCUT2D eigenvalue weighted by Gasteiger charge is 2.12. The zero-order valence-electron chi connectivity index (χ0n) is 15.9. The Kier molecular flexibility index (Phi) is 5.15. The summed E-state index contributed by atoms with van der Waals surface area (Å²) in [4.78, 5) is 32.9. The molecule has 0 saturated carbocycles. The highest BCUT2D eigenvalue weighted by atomic mass is 16.6. The van der Waals surface area contributed by atoms with E-state index in [9.17, 15) is 25.0 Å². The van der Waals surface area contributed by atoms with Gasteiger partial charge in [-0.25, -0.2) is 4.79 Å². The van der Waals surface area contributed by atoms with Crippen LogP contribution >= 0.6 is 0 Å². The van der Waals surface area contributed by atoms with E-state index in [4.69, 9.17) is 9.15 Å².